The molecule has 1 saturated heterocycles. The molecule has 0 saturated carbocycles. The summed E-state index contributed by atoms with van der Waals surface area (Å²) in [4.78, 5) is 4.02. The van der Waals surface area contributed by atoms with Crippen LogP contribution >= 0.6 is 0 Å². The maximum atomic E-state index is 13.3. The summed E-state index contributed by atoms with van der Waals surface area (Å²) >= 11 is 0. The summed E-state index contributed by atoms with van der Waals surface area (Å²) in [5.74, 6) is 0.291. The van der Waals surface area contributed by atoms with E-state index in [0.717, 1.165) is 28.9 Å². The highest BCUT2D eigenvalue weighted by Crippen LogP contribution is 2.32. The number of rotatable bonds is 5. The third-order valence-corrected chi connectivity index (χ3v) is 6.74. The van der Waals surface area contributed by atoms with Crippen molar-refractivity contribution < 1.29 is 26.3 Å². The van der Waals surface area contributed by atoms with E-state index in [9.17, 15) is 21.6 Å². The highest BCUT2D eigenvalue weighted by molar-refractivity contribution is 7.90. The Bertz CT molecular complexity index is 1130. The topological polar surface area (TPSA) is 61.2 Å². The Morgan fingerprint density at radius 1 is 1.14 bits per heavy atom. The lowest BCUT2D eigenvalue weighted by atomic mass is 10.1. The number of alkyl halides is 3. The lowest BCUT2D eigenvalue weighted by Gasteiger charge is -2.14. The van der Waals surface area contributed by atoms with Gasteiger partial charge in [0.05, 0.1) is 27.6 Å². The van der Waals surface area contributed by atoms with Crippen LogP contribution in [0.1, 0.15) is 30.7 Å². The molecule has 0 spiro atoms. The van der Waals surface area contributed by atoms with Gasteiger partial charge in [-0.15, -0.1) is 0 Å². The summed E-state index contributed by atoms with van der Waals surface area (Å²) in [5, 5.41) is 0. The minimum Gasteiger partial charge on any atom is -0.378 e. The van der Waals surface area contributed by atoms with Crippen molar-refractivity contribution in [2.75, 3.05) is 6.61 Å². The van der Waals surface area contributed by atoms with Crippen LogP contribution in [0.25, 0.3) is 11.0 Å². The molecule has 1 unspecified atom stereocenters. The van der Waals surface area contributed by atoms with Gasteiger partial charge >= 0.3 is 6.18 Å². The van der Waals surface area contributed by atoms with E-state index >= 15 is 0 Å². The normalized spacial score (nSPS) is 17.8. The molecule has 4 rings (SSSR count). The Hall–Kier alpha value is -2.39. The number of halogens is 3. The van der Waals surface area contributed by atoms with Crippen LogP contribution in [-0.2, 0) is 27.4 Å². The number of aryl methyl sites for hydroxylation is 1. The molecule has 0 aliphatic carbocycles. The van der Waals surface area contributed by atoms with E-state index in [4.69, 9.17) is 4.74 Å². The molecule has 1 aliphatic heterocycles. The van der Waals surface area contributed by atoms with Crippen molar-refractivity contribution >= 4 is 21.1 Å². The number of benzene rings is 2. The second-order valence-corrected chi connectivity index (χ2v) is 8.77. The lowest BCUT2D eigenvalue weighted by Crippen LogP contribution is -2.18. The zero-order chi connectivity index (χ0) is 20.6. The molecule has 9 heteroatoms. The molecular formula is C20H19F3N2O3S. The van der Waals surface area contributed by atoms with E-state index in [2.05, 4.69) is 4.98 Å². The van der Waals surface area contributed by atoms with Gasteiger partial charge in [-0.3, -0.25) is 0 Å². The first kappa shape index (κ1) is 19.9. The molecule has 0 bridgehead atoms. The van der Waals surface area contributed by atoms with E-state index in [1.54, 1.807) is 24.3 Å². The van der Waals surface area contributed by atoms with Gasteiger partial charge in [0.2, 0.25) is 0 Å². The molecule has 154 valence electrons. The van der Waals surface area contributed by atoms with Crippen molar-refractivity contribution in [1.29, 1.82) is 0 Å². The molecule has 1 aliphatic rings. The smallest absolute Gasteiger partial charge is 0.378 e. The largest absolute Gasteiger partial charge is 0.416 e. The number of ether oxygens (including phenoxy) is 1. The molecule has 3 aromatic rings. The summed E-state index contributed by atoms with van der Waals surface area (Å²) in [6, 6.07) is 10.5. The van der Waals surface area contributed by atoms with Crippen molar-refractivity contribution in [3.8, 4) is 0 Å². The SMILES string of the molecule is O=S(=O)(c1cccc(C(F)(F)F)c1)n1c(CCC2CCCO2)nc2ccccc21. The Balaban J connectivity index is 1.80. The van der Waals surface area contributed by atoms with E-state index < -0.39 is 26.7 Å². The second kappa shape index (κ2) is 7.46. The quantitative estimate of drug-likeness (QED) is 0.609. The fourth-order valence-electron chi connectivity index (χ4n) is 3.58. The Kier molecular flexibility index (Phi) is 5.12. The predicted octanol–water partition coefficient (Wildman–Crippen LogP) is 4.40. The summed E-state index contributed by atoms with van der Waals surface area (Å²) in [5.41, 5.74) is -0.193. The van der Waals surface area contributed by atoms with E-state index in [0.29, 0.717) is 42.4 Å². The van der Waals surface area contributed by atoms with Gasteiger partial charge in [-0.25, -0.2) is 17.4 Å². The third kappa shape index (κ3) is 3.89. The maximum Gasteiger partial charge on any atom is 0.416 e. The van der Waals surface area contributed by atoms with Gasteiger partial charge in [-0.1, -0.05) is 18.2 Å². The Morgan fingerprint density at radius 2 is 1.93 bits per heavy atom. The van der Waals surface area contributed by atoms with Crippen LogP contribution in [0.15, 0.2) is 53.4 Å². The highest BCUT2D eigenvalue weighted by Gasteiger charge is 2.33. The molecule has 1 atom stereocenters. The van der Waals surface area contributed by atoms with Gasteiger partial charge in [0, 0.05) is 13.0 Å². The van der Waals surface area contributed by atoms with Crippen LogP contribution in [0.2, 0.25) is 0 Å². The summed E-state index contributed by atoms with van der Waals surface area (Å²) in [6.45, 7) is 0.684. The number of nitrogens with zero attached hydrogens (tertiary/aromatic N) is 2. The molecule has 1 aromatic heterocycles. The molecular weight excluding hydrogens is 405 g/mol. The van der Waals surface area contributed by atoms with Crippen LogP contribution < -0.4 is 0 Å². The number of hydrogen-bond acceptors (Lipinski definition) is 4. The molecule has 5 nitrogen and oxygen atoms in total. The second-order valence-electron chi connectivity index (χ2n) is 6.99. The molecule has 0 N–H and O–H groups in total. The van der Waals surface area contributed by atoms with Crippen molar-refractivity contribution in [1.82, 2.24) is 8.96 Å². The van der Waals surface area contributed by atoms with Gasteiger partial charge in [-0.05, 0) is 49.6 Å². The zero-order valence-corrected chi connectivity index (χ0v) is 16.2. The van der Waals surface area contributed by atoms with Crippen molar-refractivity contribution in [2.45, 2.75) is 42.9 Å². The lowest BCUT2D eigenvalue weighted by molar-refractivity contribution is -0.137. The Morgan fingerprint density at radius 3 is 2.66 bits per heavy atom. The van der Waals surface area contributed by atoms with E-state index in [-0.39, 0.29) is 6.10 Å². The van der Waals surface area contributed by atoms with Gasteiger partial charge in [0.25, 0.3) is 10.0 Å². The van der Waals surface area contributed by atoms with Crippen molar-refractivity contribution in [2.24, 2.45) is 0 Å². The first-order valence-corrected chi connectivity index (χ1v) is 10.7. The predicted molar refractivity (Wildman–Crippen MR) is 101 cm³/mol. The van der Waals surface area contributed by atoms with Crippen LogP contribution in [0.5, 0.6) is 0 Å². The van der Waals surface area contributed by atoms with Gasteiger partial charge in [0.15, 0.2) is 0 Å². The van der Waals surface area contributed by atoms with Crippen LogP contribution in [0.3, 0.4) is 0 Å². The number of imidazole rings is 1. The number of fused-ring (bicyclic) bond motifs is 1. The number of aromatic nitrogens is 2. The first-order valence-electron chi connectivity index (χ1n) is 9.27. The molecule has 0 amide bonds. The van der Waals surface area contributed by atoms with E-state index in [1.807, 2.05) is 0 Å². The van der Waals surface area contributed by atoms with Crippen molar-refractivity contribution in [3.05, 3.63) is 59.9 Å². The number of hydrogen-bond donors (Lipinski definition) is 0. The Labute approximate surface area is 166 Å². The number of para-hydroxylation sites is 2. The highest BCUT2D eigenvalue weighted by atomic mass is 32.2. The molecule has 1 fully saturated rings. The molecule has 2 aromatic carbocycles. The summed E-state index contributed by atoms with van der Waals surface area (Å²) < 4.78 is 72.6. The minimum absolute atomic E-state index is 0.0412. The molecule has 0 radical (unpaired) electrons. The zero-order valence-electron chi connectivity index (χ0n) is 15.4. The summed E-state index contributed by atoms with van der Waals surface area (Å²) in [6.07, 6.45) is -1.78. The fraction of sp³-hybridized carbons (Fsp3) is 0.350. The van der Waals surface area contributed by atoms with Crippen LogP contribution in [0, 0.1) is 0 Å². The van der Waals surface area contributed by atoms with Gasteiger partial charge in [-0.2, -0.15) is 13.2 Å². The standard InChI is InChI=1S/C20H19F3N2O3S/c21-20(22,23)14-5-3-7-16(13-14)29(26,27)25-18-9-2-1-8-17(18)24-19(25)11-10-15-6-4-12-28-15/h1-3,5,7-9,13,15H,4,6,10-12H2. The maximum absolute atomic E-state index is 13.3. The average molecular weight is 424 g/mol. The van der Waals surface area contributed by atoms with Crippen LogP contribution in [0.4, 0.5) is 13.2 Å². The average Bonchev–Trinajstić information content (AvgIpc) is 3.33. The fourth-order valence-corrected chi connectivity index (χ4v) is 5.14. The van der Waals surface area contributed by atoms with E-state index in [1.165, 1.54) is 6.07 Å². The third-order valence-electron chi connectivity index (χ3n) is 5.00. The van der Waals surface area contributed by atoms with Gasteiger partial charge < -0.3 is 4.74 Å². The monoisotopic (exact) mass is 424 g/mol. The summed E-state index contributed by atoms with van der Waals surface area (Å²) in [7, 11) is -4.27. The molecule has 2 heterocycles. The van der Waals surface area contributed by atoms with Gasteiger partial charge in [0.1, 0.15) is 5.82 Å². The minimum atomic E-state index is -4.63. The first-order chi connectivity index (χ1) is 13.8. The van der Waals surface area contributed by atoms with Crippen LogP contribution in [-0.4, -0.2) is 30.1 Å². The van der Waals surface area contributed by atoms with Crippen molar-refractivity contribution in [3.63, 3.8) is 0 Å². The molecule has 29 heavy (non-hydrogen) atoms.